The van der Waals surface area contributed by atoms with Crippen molar-refractivity contribution < 1.29 is 0 Å². The fourth-order valence-corrected chi connectivity index (χ4v) is 1.52. The molecule has 17 heavy (non-hydrogen) atoms. The van der Waals surface area contributed by atoms with Crippen LogP contribution in [0.15, 0.2) is 30.7 Å². The predicted octanol–water partition coefficient (Wildman–Crippen LogP) is 1.68. The van der Waals surface area contributed by atoms with E-state index < -0.39 is 0 Å². The third-order valence-electron chi connectivity index (χ3n) is 2.26. The Balaban J connectivity index is 2.18. The molecule has 0 aliphatic rings. The number of nitrogens with one attached hydrogen (secondary N) is 1. The summed E-state index contributed by atoms with van der Waals surface area (Å²) in [7, 11) is 0. The lowest BCUT2D eigenvalue weighted by Gasteiger charge is -2.04. The van der Waals surface area contributed by atoms with E-state index in [4.69, 9.17) is 18.0 Å². The zero-order valence-electron chi connectivity index (χ0n) is 9.42. The van der Waals surface area contributed by atoms with Crippen LogP contribution in [0.1, 0.15) is 12.6 Å². The molecule has 3 N–H and O–H groups in total. The standard InChI is InChI=1S/C11H13N5S/c1-2-16-7-9(6-14-16)15-8-3-4-13-10(5-8)11(12)17/h3-7H,2H2,1H3,(H2,12,17)(H,13,15). The molecule has 2 aromatic heterocycles. The van der Waals surface area contributed by atoms with Crippen molar-refractivity contribution in [2.75, 3.05) is 5.32 Å². The molecular formula is C11H13N5S. The lowest BCUT2D eigenvalue weighted by Crippen LogP contribution is -2.11. The number of hydrogen-bond acceptors (Lipinski definition) is 4. The molecule has 0 radical (unpaired) electrons. The predicted molar refractivity (Wildman–Crippen MR) is 71.3 cm³/mol. The fraction of sp³-hybridized carbons (Fsp3) is 0.182. The van der Waals surface area contributed by atoms with Crippen LogP contribution in [0.5, 0.6) is 0 Å². The average molecular weight is 247 g/mol. The van der Waals surface area contributed by atoms with E-state index in [1.165, 1.54) is 0 Å². The molecule has 0 spiro atoms. The van der Waals surface area contributed by atoms with Crippen LogP contribution in [0.25, 0.3) is 0 Å². The Bertz CT molecular complexity index is 534. The lowest BCUT2D eigenvalue weighted by atomic mass is 10.3. The first-order valence-electron chi connectivity index (χ1n) is 5.24. The number of rotatable bonds is 4. The Morgan fingerprint density at radius 2 is 2.35 bits per heavy atom. The third-order valence-corrected chi connectivity index (χ3v) is 2.47. The van der Waals surface area contributed by atoms with Gasteiger partial charge < -0.3 is 11.1 Å². The van der Waals surface area contributed by atoms with Crippen molar-refractivity contribution >= 4 is 28.6 Å². The molecule has 0 amide bonds. The molecule has 0 unspecified atom stereocenters. The molecular weight excluding hydrogens is 234 g/mol. The summed E-state index contributed by atoms with van der Waals surface area (Å²) in [4.78, 5) is 4.36. The Labute approximate surface area is 105 Å². The van der Waals surface area contributed by atoms with E-state index in [0.717, 1.165) is 17.9 Å². The fourth-order valence-electron chi connectivity index (χ4n) is 1.41. The third kappa shape index (κ3) is 2.79. The quantitative estimate of drug-likeness (QED) is 0.804. The van der Waals surface area contributed by atoms with E-state index in [1.807, 2.05) is 29.9 Å². The topological polar surface area (TPSA) is 68.8 Å². The zero-order chi connectivity index (χ0) is 12.3. The number of anilines is 2. The highest BCUT2D eigenvalue weighted by Gasteiger charge is 2.01. The van der Waals surface area contributed by atoms with Crippen LogP contribution in [0.2, 0.25) is 0 Å². The van der Waals surface area contributed by atoms with Gasteiger partial charge in [0.15, 0.2) is 0 Å². The van der Waals surface area contributed by atoms with E-state index in [2.05, 4.69) is 15.4 Å². The molecule has 6 heteroatoms. The normalized spacial score (nSPS) is 10.2. The number of aromatic nitrogens is 3. The monoisotopic (exact) mass is 247 g/mol. The minimum Gasteiger partial charge on any atom is -0.388 e. The van der Waals surface area contributed by atoms with Gasteiger partial charge in [0.2, 0.25) is 0 Å². The largest absolute Gasteiger partial charge is 0.388 e. The van der Waals surface area contributed by atoms with Crippen molar-refractivity contribution in [1.82, 2.24) is 14.8 Å². The van der Waals surface area contributed by atoms with Crippen LogP contribution in [0.4, 0.5) is 11.4 Å². The van der Waals surface area contributed by atoms with Crippen LogP contribution in [0, 0.1) is 0 Å². The van der Waals surface area contributed by atoms with E-state index in [9.17, 15) is 0 Å². The highest BCUT2D eigenvalue weighted by atomic mass is 32.1. The second-order valence-corrected chi connectivity index (χ2v) is 3.94. The van der Waals surface area contributed by atoms with Crippen LogP contribution in [-0.2, 0) is 6.54 Å². The summed E-state index contributed by atoms with van der Waals surface area (Å²) in [6.45, 7) is 2.88. The number of thiocarbonyl (C=S) groups is 1. The summed E-state index contributed by atoms with van der Waals surface area (Å²) in [5, 5.41) is 7.39. The van der Waals surface area contributed by atoms with Gasteiger partial charge in [-0.25, -0.2) is 0 Å². The molecule has 0 bridgehead atoms. The van der Waals surface area contributed by atoms with Crippen LogP contribution in [-0.4, -0.2) is 19.8 Å². The lowest BCUT2D eigenvalue weighted by molar-refractivity contribution is 0.660. The summed E-state index contributed by atoms with van der Waals surface area (Å²) < 4.78 is 1.85. The summed E-state index contributed by atoms with van der Waals surface area (Å²) in [6.07, 6.45) is 5.37. The molecule has 0 saturated heterocycles. The molecule has 0 aromatic carbocycles. The second-order valence-electron chi connectivity index (χ2n) is 3.50. The molecule has 0 saturated carbocycles. The molecule has 88 valence electrons. The summed E-state index contributed by atoms with van der Waals surface area (Å²) in [5.41, 5.74) is 7.94. The van der Waals surface area contributed by atoms with E-state index in [-0.39, 0.29) is 4.99 Å². The molecule has 0 aliphatic heterocycles. The van der Waals surface area contributed by atoms with Gasteiger partial charge in [-0.15, -0.1) is 0 Å². The molecule has 0 aliphatic carbocycles. The maximum Gasteiger partial charge on any atom is 0.122 e. The van der Waals surface area contributed by atoms with Gasteiger partial charge in [0, 0.05) is 24.6 Å². The van der Waals surface area contributed by atoms with Crippen LogP contribution >= 0.6 is 12.2 Å². The number of nitrogens with two attached hydrogens (primary N) is 1. The van der Waals surface area contributed by atoms with Gasteiger partial charge in [-0.3, -0.25) is 9.67 Å². The Morgan fingerprint density at radius 3 is 3.00 bits per heavy atom. The van der Waals surface area contributed by atoms with Gasteiger partial charge in [0.05, 0.1) is 17.6 Å². The van der Waals surface area contributed by atoms with Gasteiger partial charge in [0.25, 0.3) is 0 Å². The molecule has 2 aromatic rings. The minimum atomic E-state index is 0.290. The maximum atomic E-state index is 5.53. The summed E-state index contributed by atoms with van der Waals surface area (Å²) in [6, 6.07) is 3.66. The van der Waals surface area contributed by atoms with Crippen molar-refractivity contribution in [3.05, 3.63) is 36.4 Å². The van der Waals surface area contributed by atoms with E-state index in [1.54, 1.807) is 12.4 Å². The van der Waals surface area contributed by atoms with Crippen LogP contribution in [0.3, 0.4) is 0 Å². The number of hydrogen-bond donors (Lipinski definition) is 2. The van der Waals surface area contributed by atoms with Crippen molar-refractivity contribution in [2.24, 2.45) is 5.73 Å². The SMILES string of the molecule is CCn1cc(Nc2ccnc(C(N)=S)c2)cn1. The van der Waals surface area contributed by atoms with Gasteiger partial charge in [0.1, 0.15) is 4.99 Å². The van der Waals surface area contributed by atoms with Crippen molar-refractivity contribution in [2.45, 2.75) is 13.5 Å². The molecule has 0 fully saturated rings. The first-order valence-corrected chi connectivity index (χ1v) is 5.65. The first-order chi connectivity index (χ1) is 8.19. The van der Waals surface area contributed by atoms with Crippen molar-refractivity contribution in [3.63, 3.8) is 0 Å². The average Bonchev–Trinajstić information content (AvgIpc) is 2.77. The molecule has 5 nitrogen and oxygen atoms in total. The minimum absolute atomic E-state index is 0.290. The molecule has 0 atom stereocenters. The van der Waals surface area contributed by atoms with E-state index >= 15 is 0 Å². The van der Waals surface area contributed by atoms with Gasteiger partial charge in [-0.05, 0) is 19.1 Å². The van der Waals surface area contributed by atoms with Gasteiger partial charge in [-0.1, -0.05) is 12.2 Å². The van der Waals surface area contributed by atoms with Gasteiger partial charge >= 0.3 is 0 Å². The maximum absolute atomic E-state index is 5.53. The highest BCUT2D eigenvalue weighted by molar-refractivity contribution is 7.80. The molecule has 2 heterocycles. The number of pyridine rings is 1. The summed E-state index contributed by atoms with van der Waals surface area (Å²) in [5.74, 6) is 0. The summed E-state index contributed by atoms with van der Waals surface area (Å²) >= 11 is 4.88. The highest BCUT2D eigenvalue weighted by Crippen LogP contribution is 2.15. The number of nitrogens with zero attached hydrogens (tertiary/aromatic N) is 3. The van der Waals surface area contributed by atoms with Gasteiger partial charge in [-0.2, -0.15) is 5.10 Å². The number of aryl methyl sites for hydroxylation is 1. The smallest absolute Gasteiger partial charge is 0.122 e. The Hall–Kier alpha value is -1.95. The zero-order valence-corrected chi connectivity index (χ0v) is 10.2. The van der Waals surface area contributed by atoms with E-state index in [0.29, 0.717) is 5.69 Å². The van der Waals surface area contributed by atoms with Crippen molar-refractivity contribution in [3.8, 4) is 0 Å². The second kappa shape index (κ2) is 4.92. The Kier molecular flexibility index (Phi) is 3.34. The molecule has 2 rings (SSSR count). The van der Waals surface area contributed by atoms with Crippen molar-refractivity contribution in [1.29, 1.82) is 0 Å². The van der Waals surface area contributed by atoms with Crippen LogP contribution < -0.4 is 11.1 Å². The first kappa shape index (κ1) is 11.5. The Morgan fingerprint density at radius 1 is 1.53 bits per heavy atom.